The van der Waals surface area contributed by atoms with Gasteiger partial charge in [-0.2, -0.15) is 11.8 Å². The first-order valence-corrected chi connectivity index (χ1v) is 7.57. The minimum absolute atomic E-state index is 0.00606. The van der Waals surface area contributed by atoms with E-state index in [9.17, 15) is 9.59 Å². The van der Waals surface area contributed by atoms with Crippen LogP contribution in [-0.2, 0) is 4.79 Å². The summed E-state index contributed by atoms with van der Waals surface area (Å²) in [7, 11) is 1.84. The van der Waals surface area contributed by atoms with Gasteiger partial charge in [0.05, 0.1) is 5.92 Å². The number of thioether (sulfide) groups is 1. The molecule has 0 bridgehead atoms. The number of nitrogens with zero attached hydrogens (tertiary/aromatic N) is 2. The van der Waals surface area contributed by atoms with Crippen molar-refractivity contribution in [2.24, 2.45) is 5.92 Å². The van der Waals surface area contributed by atoms with Gasteiger partial charge in [-0.1, -0.05) is 0 Å². The minimum atomic E-state index is -0.786. The summed E-state index contributed by atoms with van der Waals surface area (Å²) in [5.41, 5.74) is 0. The summed E-state index contributed by atoms with van der Waals surface area (Å²) in [6.45, 7) is 1.05. The van der Waals surface area contributed by atoms with Gasteiger partial charge in [-0.3, -0.25) is 4.79 Å². The maximum atomic E-state index is 12.3. The van der Waals surface area contributed by atoms with E-state index in [2.05, 4.69) is 0 Å². The fourth-order valence-corrected chi connectivity index (χ4v) is 3.83. The second-order valence-corrected chi connectivity index (χ2v) is 6.18. The van der Waals surface area contributed by atoms with Gasteiger partial charge < -0.3 is 14.9 Å². The molecule has 0 saturated carbocycles. The Bertz CT molecular complexity index is 331. The number of aliphatic carboxylic acids is 1. The van der Waals surface area contributed by atoms with Crippen molar-refractivity contribution in [3.05, 3.63) is 0 Å². The van der Waals surface area contributed by atoms with Crippen LogP contribution in [0.5, 0.6) is 0 Å². The first kappa shape index (κ1) is 13.5. The molecular formula is C12H20N2O3S. The average molecular weight is 272 g/mol. The van der Waals surface area contributed by atoms with Crippen molar-refractivity contribution in [3.63, 3.8) is 0 Å². The van der Waals surface area contributed by atoms with Crippen molar-refractivity contribution >= 4 is 23.8 Å². The van der Waals surface area contributed by atoms with E-state index in [1.165, 1.54) is 0 Å². The van der Waals surface area contributed by atoms with E-state index in [-0.39, 0.29) is 6.03 Å². The molecule has 6 heteroatoms. The Hall–Kier alpha value is -0.910. The Kier molecular flexibility index (Phi) is 4.37. The lowest BCUT2D eigenvalue weighted by Gasteiger charge is -2.35. The van der Waals surface area contributed by atoms with E-state index in [4.69, 9.17) is 5.11 Å². The van der Waals surface area contributed by atoms with Gasteiger partial charge in [0.2, 0.25) is 0 Å². The normalized spacial score (nSPS) is 28.2. The third kappa shape index (κ3) is 2.91. The van der Waals surface area contributed by atoms with E-state index in [1.54, 1.807) is 9.80 Å². The molecule has 2 saturated heterocycles. The molecule has 102 valence electrons. The smallest absolute Gasteiger partial charge is 0.320 e. The summed E-state index contributed by atoms with van der Waals surface area (Å²) in [5.74, 6) is 0.930. The molecule has 0 aromatic heterocycles. The molecule has 0 aromatic rings. The van der Waals surface area contributed by atoms with Gasteiger partial charge in [0, 0.05) is 31.9 Å². The predicted octanol–water partition coefficient (Wildman–Crippen LogP) is 1.34. The highest BCUT2D eigenvalue weighted by molar-refractivity contribution is 7.99. The van der Waals surface area contributed by atoms with Gasteiger partial charge in [0.1, 0.15) is 0 Å². The highest BCUT2D eigenvalue weighted by Gasteiger charge is 2.32. The molecule has 1 unspecified atom stereocenters. The number of carboxylic acids is 1. The van der Waals surface area contributed by atoms with Gasteiger partial charge in [-0.15, -0.1) is 0 Å². The molecule has 2 heterocycles. The molecule has 0 radical (unpaired) electrons. The zero-order chi connectivity index (χ0) is 13.1. The molecule has 2 fully saturated rings. The summed E-state index contributed by atoms with van der Waals surface area (Å²) in [6.07, 6.45) is 2.52. The maximum Gasteiger partial charge on any atom is 0.320 e. The Morgan fingerprint density at radius 1 is 1.39 bits per heavy atom. The fraction of sp³-hybridized carbons (Fsp3) is 0.833. The number of hydrogen-bond donors (Lipinski definition) is 1. The number of rotatable bonds is 2. The first-order valence-electron chi connectivity index (χ1n) is 6.42. The van der Waals surface area contributed by atoms with Crippen LogP contribution in [0.15, 0.2) is 0 Å². The molecule has 2 rings (SSSR count). The van der Waals surface area contributed by atoms with Gasteiger partial charge >= 0.3 is 12.0 Å². The zero-order valence-electron chi connectivity index (χ0n) is 10.7. The zero-order valence-corrected chi connectivity index (χ0v) is 11.5. The number of amides is 2. The molecule has 2 atom stereocenters. The van der Waals surface area contributed by atoms with Crippen LogP contribution in [0, 0.1) is 5.92 Å². The van der Waals surface area contributed by atoms with Crippen LogP contribution in [0.3, 0.4) is 0 Å². The molecular weight excluding hydrogens is 252 g/mol. The van der Waals surface area contributed by atoms with Crippen molar-refractivity contribution in [1.29, 1.82) is 0 Å². The van der Waals surface area contributed by atoms with Gasteiger partial charge in [-0.25, -0.2) is 4.79 Å². The predicted molar refractivity (Wildman–Crippen MR) is 70.8 cm³/mol. The summed E-state index contributed by atoms with van der Waals surface area (Å²) in [6, 6.07) is 0.307. The number of piperidine rings is 1. The number of hydrogen-bond acceptors (Lipinski definition) is 3. The van der Waals surface area contributed by atoms with Gasteiger partial charge in [0.15, 0.2) is 0 Å². The van der Waals surface area contributed by atoms with Crippen LogP contribution >= 0.6 is 11.8 Å². The number of carbonyl (C=O) groups is 2. The van der Waals surface area contributed by atoms with Gasteiger partial charge in [0.25, 0.3) is 0 Å². The Balaban J connectivity index is 1.93. The second kappa shape index (κ2) is 5.82. The molecule has 5 nitrogen and oxygen atoms in total. The quantitative estimate of drug-likeness (QED) is 0.824. The minimum Gasteiger partial charge on any atom is -0.481 e. The molecule has 18 heavy (non-hydrogen) atoms. The molecule has 2 aliphatic rings. The number of carbonyl (C=O) groups excluding carboxylic acids is 1. The second-order valence-electron chi connectivity index (χ2n) is 5.03. The van der Waals surface area contributed by atoms with Crippen molar-refractivity contribution in [3.8, 4) is 0 Å². The summed E-state index contributed by atoms with van der Waals surface area (Å²) >= 11 is 1.87. The van der Waals surface area contributed by atoms with Crippen LogP contribution in [0.4, 0.5) is 4.79 Å². The van der Waals surface area contributed by atoms with Crippen molar-refractivity contribution in [2.45, 2.75) is 25.3 Å². The largest absolute Gasteiger partial charge is 0.481 e. The first-order chi connectivity index (χ1) is 8.59. The fourth-order valence-electron chi connectivity index (χ4n) is 2.56. The maximum absolute atomic E-state index is 12.3. The Morgan fingerprint density at radius 2 is 2.17 bits per heavy atom. The van der Waals surface area contributed by atoms with E-state index < -0.39 is 11.9 Å². The lowest BCUT2D eigenvalue weighted by Crippen LogP contribution is -2.50. The Labute approximate surface area is 112 Å². The molecule has 2 amide bonds. The van der Waals surface area contributed by atoms with Crippen LogP contribution < -0.4 is 0 Å². The van der Waals surface area contributed by atoms with Crippen LogP contribution in [0.25, 0.3) is 0 Å². The summed E-state index contributed by atoms with van der Waals surface area (Å²) in [4.78, 5) is 26.8. The van der Waals surface area contributed by atoms with Crippen LogP contribution in [0.2, 0.25) is 0 Å². The van der Waals surface area contributed by atoms with E-state index in [0.717, 1.165) is 24.3 Å². The average Bonchev–Trinajstić information content (AvgIpc) is 2.91. The standard InChI is InChI=1S/C12H20N2O3S/c1-13(10-4-6-18-8-10)12(17)14-5-2-3-9(7-14)11(15)16/h9-10H,2-8H2,1H3,(H,15,16)/t9-,10?/m0/s1. The summed E-state index contributed by atoms with van der Waals surface area (Å²) < 4.78 is 0. The molecule has 0 aliphatic carbocycles. The highest BCUT2D eigenvalue weighted by atomic mass is 32.2. The lowest BCUT2D eigenvalue weighted by atomic mass is 9.98. The van der Waals surface area contributed by atoms with E-state index >= 15 is 0 Å². The van der Waals surface area contributed by atoms with E-state index in [0.29, 0.717) is 25.6 Å². The number of urea groups is 1. The van der Waals surface area contributed by atoms with Crippen molar-refractivity contribution < 1.29 is 14.7 Å². The van der Waals surface area contributed by atoms with Crippen molar-refractivity contribution in [1.82, 2.24) is 9.80 Å². The third-order valence-electron chi connectivity index (χ3n) is 3.80. The van der Waals surface area contributed by atoms with Crippen LogP contribution in [-0.4, -0.2) is 64.6 Å². The summed E-state index contributed by atoms with van der Waals surface area (Å²) in [5, 5.41) is 9.03. The van der Waals surface area contributed by atoms with Crippen LogP contribution in [0.1, 0.15) is 19.3 Å². The lowest BCUT2D eigenvalue weighted by molar-refractivity contribution is -0.143. The Morgan fingerprint density at radius 3 is 2.78 bits per heavy atom. The molecule has 2 aliphatic heterocycles. The molecule has 0 spiro atoms. The molecule has 1 N–H and O–H groups in total. The van der Waals surface area contributed by atoms with E-state index in [1.807, 2.05) is 18.8 Å². The van der Waals surface area contributed by atoms with Gasteiger partial charge in [-0.05, 0) is 25.0 Å². The molecule has 0 aromatic carbocycles. The highest BCUT2D eigenvalue weighted by Crippen LogP contribution is 2.24. The number of likely N-dealkylation sites (tertiary alicyclic amines) is 1. The SMILES string of the molecule is CN(C(=O)N1CCC[C@H](C(=O)O)C1)C1CCSC1. The number of carboxylic acid groups (broad SMARTS) is 1. The third-order valence-corrected chi connectivity index (χ3v) is 4.94. The monoisotopic (exact) mass is 272 g/mol. The topological polar surface area (TPSA) is 60.9 Å². The van der Waals surface area contributed by atoms with Crippen molar-refractivity contribution in [2.75, 3.05) is 31.6 Å².